The van der Waals surface area contributed by atoms with Gasteiger partial charge < -0.3 is 4.98 Å². The number of carbonyl (C=O) groups is 1. The summed E-state index contributed by atoms with van der Waals surface area (Å²) in [6, 6.07) is 15.8. The monoisotopic (exact) mass is 305 g/mol. The predicted octanol–water partition coefficient (Wildman–Crippen LogP) is 5.61. The van der Waals surface area contributed by atoms with E-state index in [1.165, 1.54) is 5.56 Å². The van der Waals surface area contributed by atoms with E-state index >= 15 is 0 Å². The van der Waals surface area contributed by atoms with Crippen LogP contribution in [-0.4, -0.2) is 10.8 Å². The molecule has 0 aliphatic heterocycles. The van der Waals surface area contributed by atoms with E-state index in [0.29, 0.717) is 5.92 Å². The molecule has 0 spiro atoms. The van der Waals surface area contributed by atoms with Gasteiger partial charge >= 0.3 is 0 Å². The lowest BCUT2D eigenvalue weighted by molar-refractivity contribution is 0.103. The second kappa shape index (κ2) is 6.41. The van der Waals surface area contributed by atoms with Gasteiger partial charge in [-0.05, 0) is 30.9 Å². The summed E-state index contributed by atoms with van der Waals surface area (Å²) in [4.78, 5) is 16.4. The predicted molar refractivity (Wildman–Crippen MR) is 96.2 cm³/mol. The maximum Gasteiger partial charge on any atom is 0.195 e. The summed E-state index contributed by atoms with van der Waals surface area (Å²) in [6.45, 7) is 6.44. The molecule has 1 aromatic heterocycles. The number of hydrogen-bond donors (Lipinski definition) is 1. The number of fused-ring (bicyclic) bond motifs is 1. The lowest BCUT2D eigenvalue weighted by atomic mass is 9.90. The first kappa shape index (κ1) is 15.5. The van der Waals surface area contributed by atoms with Crippen LogP contribution in [0.1, 0.15) is 59.8 Å². The Hall–Kier alpha value is -2.35. The molecule has 1 N–H and O–H groups in total. The quantitative estimate of drug-likeness (QED) is 0.610. The first-order chi connectivity index (χ1) is 11.1. The zero-order valence-electron chi connectivity index (χ0n) is 14.0. The summed E-state index contributed by atoms with van der Waals surface area (Å²) in [7, 11) is 0. The molecular formula is C21H23NO. The molecule has 0 amide bonds. The first-order valence-corrected chi connectivity index (χ1v) is 8.34. The van der Waals surface area contributed by atoms with Crippen LogP contribution < -0.4 is 0 Å². The fourth-order valence-corrected chi connectivity index (χ4v) is 3.42. The molecule has 2 heteroatoms. The molecule has 0 radical (unpaired) electrons. The SMILES string of the molecule is CCCC(C)c1cccc2[nH]c(C)c(C(=O)c3ccccc3)c12. The molecule has 1 atom stereocenters. The minimum absolute atomic E-state index is 0.102. The summed E-state index contributed by atoms with van der Waals surface area (Å²) in [5.74, 6) is 0.548. The van der Waals surface area contributed by atoms with Gasteiger partial charge in [-0.15, -0.1) is 0 Å². The van der Waals surface area contributed by atoms with Gasteiger partial charge in [-0.2, -0.15) is 0 Å². The summed E-state index contributed by atoms with van der Waals surface area (Å²) in [5, 5.41) is 1.10. The zero-order valence-corrected chi connectivity index (χ0v) is 14.0. The number of aromatic amines is 1. The summed E-state index contributed by atoms with van der Waals surface area (Å²) in [5.41, 5.74) is 4.85. The minimum Gasteiger partial charge on any atom is -0.358 e. The Labute approximate surface area is 137 Å². The van der Waals surface area contributed by atoms with Crippen molar-refractivity contribution in [2.75, 3.05) is 0 Å². The molecule has 3 rings (SSSR count). The number of benzene rings is 2. The van der Waals surface area contributed by atoms with Crippen LogP contribution in [-0.2, 0) is 0 Å². The molecule has 0 aliphatic rings. The third kappa shape index (κ3) is 2.81. The maximum absolute atomic E-state index is 13.1. The maximum atomic E-state index is 13.1. The van der Waals surface area contributed by atoms with Crippen molar-refractivity contribution < 1.29 is 4.79 Å². The fraction of sp³-hybridized carbons (Fsp3) is 0.286. The molecule has 3 aromatic rings. The Kier molecular flexibility index (Phi) is 4.33. The average molecular weight is 305 g/mol. The topological polar surface area (TPSA) is 32.9 Å². The van der Waals surface area contributed by atoms with E-state index in [-0.39, 0.29) is 5.78 Å². The van der Waals surface area contributed by atoms with Crippen molar-refractivity contribution in [3.05, 3.63) is 70.9 Å². The van der Waals surface area contributed by atoms with E-state index in [1.807, 2.05) is 37.3 Å². The van der Waals surface area contributed by atoms with Gasteiger partial charge in [0.15, 0.2) is 5.78 Å². The lowest BCUT2D eigenvalue weighted by Crippen LogP contribution is -2.04. The van der Waals surface area contributed by atoms with Gasteiger partial charge in [0.1, 0.15) is 0 Å². The van der Waals surface area contributed by atoms with Gasteiger partial charge in [0.2, 0.25) is 0 Å². The van der Waals surface area contributed by atoms with Crippen LogP contribution in [0.25, 0.3) is 10.9 Å². The highest BCUT2D eigenvalue weighted by Crippen LogP contribution is 2.33. The van der Waals surface area contributed by atoms with Gasteiger partial charge in [-0.1, -0.05) is 62.7 Å². The number of aromatic nitrogens is 1. The Morgan fingerprint density at radius 2 is 1.83 bits per heavy atom. The summed E-state index contributed by atoms with van der Waals surface area (Å²) < 4.78 is 0. The molecule has 0 saturated carbocycles. The van der Waals surface area contributed by atoms with Crippen LogP contribution in [0.2, 0.25) is 0 Å². The molecule has 118 valence electrons. The van der Waals surface area contributed by atoms with E-state index in [9.17, 15) is 4.79 Å². The van der Waals surface area contributed by atoms with E-state index in [2.05, 4.69) is 37.0 Å². The second-order valence-electron chi connectivity index (χ2n) is 6.28. The number of carbonyl (C=O) groups excluding carboxylic acids is 1. The van der Waals surface area contributed by atoms with Crippen molar-refractivity contribution in [1.82, 2.24) is 4.98 Å². The Bertz CT molecular complexity index is 830. The zero-order chi connectivity index (χ0) is 16.4. The molecule has 0 aliphatic carbocycles. The van der Waals surface area contributed by atoms with Gasteiger partial charge in [0, 0.05) is 22.2 Å². The molecule has 23 heavy (non-hydrogen) atoms. The highest BCUT2D eigenvalue weighted by molar-refractivity contribution is 6.18. The Morgan fingerprint density at radius 1 is 1.09 bits per heavy atom. The van der Waals surface area contributed by atoms with Crippen molar-refractivity contribution in [3.63, 3.8) is 0 Å². The molecule has 2 aromatic carbocycles. The fourth-order valence-electron chi connectivity index (χ4n) is 3.42. The molecule has 2 nitrogen and oxygen atoms in total. The van der Waals surface area contributed by atoms with E-state index in [0.717, 1.165) is 40.6 Å². The molecular weight excluding hydrogens is 282 g/mol. The molecule has 0 fully saturated rings. The highest BCUT2D eigenvalue weighted by Gasteiger charge is 2.21. The summed E-state index contributed by atoms with van der Waals surface area (Å²) >= 11 is 0. The van der Waals surface area contributed by atoms with E-state index in [4.69, 9.17) is 0 Å². The van der Waals surface area contributed by atoms with Gasteiger partial charge in [-0.25, -0.2) is 0 Å². The molecule has 0 saturated heterocycles. The average Bonchev–Trinajstić information content (AvgIpc) is 2.91. The van der Waals surface area contributed by atoms with Crippen molar-refractivity contribution in [3.8, 4) is 0 Å². The normalized spacial score (nSPS) is 12.5. The van der Waals surface area contributed by atoms with Crippen LogP contribution in [0.4, 0.5) is 0 Å². The minimum atomic E-state index is 0.102. The van der Waals surface area contributed by atoms with Crippen LogP contribution in [0.3, 0.4) is 0 Å². The second-order valence-corrected chi connectivity index (χ2v) is 6.28. The number of rotatable bonds is 5. The van der Waals surface area contributed by atoms with Gasteiger partial charge in [-0.3, -0.25) is 4.79 Å². The van der Waals surface area contributed by atoms with Crippen molar-refractivity contribution in [2.24, 2.45) is 0 Å². The highest BCUT2D eigenvalue weighted by atomic mass is 16.1. The third-order valence-corrected chi connectivity index (χ3v) is 4.56. The van der Waals surface area contributed by atoms with Crippen LogP contribution >= 0.6 is 0 Å². The largest absolute Gasteiger partial charge is 0.358 e. The van der Waals surface area contributed by atoms with Crippen LogP contribution in [0.15, 0.2) is 48.5 Å². The number of H-pyrrole nitrogens is 1. The number of aryl methyl sites for hydroxylation is 1. The van der Waals surface area contributed by atoms with Crippen molar-refractivity contribution in [1.29, 1.82) is 0 Å². The van der Waals surface area contributed by atoms with Gasteiger partial charge in [0.25, 0.3) is 0 Å². The number of nitrogens with one attached hydrogen (secondary N) is 1. The van der Waals surface area contributed by atoms with Crippen LogP contribution in [0.5, 0.6) is 0 Å². The lowest BCUT2D eigenvalue weighted by Gasteiger charge is -2.13. The Balaban J connectivity index is 2.20. The molecule has 1 heterocycles. The standard InChI is InChI=1S/C21H23NO/c1-4-9-14(2)17-12-8-13-18-20(17)19(15(3)22-18)21(23)16-10-6-5-7-11-16/h5-8,10-14,22H,4,9H2,1-3H3. The number of ketones is 1. The van der Waals surface area contributed by atoms with Crippen molar-refractivity contribution in [2.45, 2.75) is 39.5 Å². The summed E-state index contributed by atoms with van der Waals surface area (Å²) in [6.07, 6.45) is 2.27. The van der Waals surface area contributed by atoms with E-state index in [1.54, 1.807) is 0 Å². The van der Waals surface area contributed by atoms with E-state index < -0.39 is 0 Å². The Morgan fingerprint density at radius 3 is 2.52 bits per heavy atom. The van der Waals surface area contributed by atoms with Crippen LogP contribution in [0, 0.1) is 6.92 Å². The molecule has 1 unspecified atom stereocenters. The van der Waals surface area contributed by atoms with Crippen molar-refractivity contribution >= 4 is 16.7 Å². The smallest absolute Gasteiger partial charge is 0.195 e. The number of hydrogen-bond acceptors (Lipinski definition) is 1. The first-order valence-electron chi connectivity index (χ1n) is 8.34. The third-order valence-electron chi connectivity index (χ3n) is 4.56. The molecule has 0 bridgehead atoms. The van der Waals surface area contributed by atoms with Gasteiger partial charge in [0.05, 0.1) is 5.56 Å².